The van der Waals surface area contributed by atoms with E-state index in [2.05, 4.69) is 61.3 Å². The molecule has 1 aliphatic heterocycles. The SMILES string of the molecule is COCC(C)CN1CC(C)(C)NCC1c1ccccc1. The Morgan fingerprint density at radius 2 is 2.05 bits per heavy atom. The minimum absolute atomic E-state index is 0.179. The van der Waals surface area contributed by atoms with Gasteiger partial charge in [-0.05, 0) is 25.3 Å². The first-order valence-corrected chi connectivity index (χ1v) is 7.55. The van der Waals surface area contributed by atoms with Crippen LogP contribution in [-0.2, 0) is 4.74 Å². The lowest BCUT2D eigenvalue weighted by Gasteiger charge is -2.45. The first kappa shape index (κ1) is 15.5. The summed E-state index contributed by atoms with van der Waals surface area (Å²) < 4.78 is 5.30. The molecule has 20 heavy (non-hydrogen) atoms. The zero-order chi connectivity index (χ0) is 14.6. The monoisotopic (exact) mass is 276 g/mol. The third-order valence-electron chi connectivity index (χ3n) is 3.99. The van der Waals surface area contributed by atoms with Crippen LogP contribution in [0.4, 0.5) is 0 Å². The van der Waals surface area contributed by atoms with Crippen molar-refractivity contribution in [2.24, 2.45) is 5.92 Å². The van der Waals surface area contributed by atoms with Crippen molar-refractivity contribution < 1.29 is 4.74 Å². The number of hydrogen-bond donors (Lipinski definition) is 1. The van der Waals surface area contributed by atoms with E-state index in [9.17, 15) is 0 Å². The summed E-state index contributed by atoms with van der Waals surface area (Å²) in [6.07, 6.45) is 0. The Labute approximate surface area is 123 Å². The highest BCUT2D eigenvalue weighted by Gasteiger charge is 2.33. The summed E-state index contributed by atoms with van der Waals surface area (Å²) in [5, 5.41) is 3.67. The van der Waals surface area contributed by atoms with E-state index in [1.54, 1.807) is 7.11 Å². The molecular weight excluding hydrogens is 248 g/mol. The van der Waals surface area contributed by atoms with Gasteiger partial charge in [0.1, 0.15) is 0 Å². The van der Waals surface area contributed by atoms with Crippen LogP contribution in [0.1, 0.15) is 32.4 Å². The Kier molecular flexibility index (Phi) is 5.19. The Hall–Kier alpha value is -0.900. The zero-order valence-corrected chi connectivity index (χ0v) is 13.2. The molecule has 0 spiro atoms. The molecule has 1 heterocycles. The topological polar surface area (TPSA) is 24.5 Å². The molecule has 1 aromatic rings. The number of ether oxygens (including phenoxy) is 1. The van der Waals surface area contributed by atoms with E-state index in [1.165, 1.54) is 5.56 Å². The molecule has 2 unspecified atom stereocenters. The van der Waals surface area contributed by atoms with E-state index in [0.717, 1.165) is 26.2 Å². The lowest BCUT2D eigenvalue weighted by Crippen LogP contribution is -2.58. The van der Waals surface area contributed by atoms with Crippen LogP contribution in [0.3, 0.4) is 0 Å². The maximum absolute atomic E-state index is 5.30. The molecule has 1 fully saturated rings. The fourth-order valence-corrected chi connectivity index (χ4v) is 3.11. The zero-order valence-electron chi connectivity index (χ0n) is 13.2. The number of benzene rings is 1. The van der Waals surface area contributed by atoms with Crippen LogP contribution in [0, 0.1) is 5.92 Å². The molecule has 2 atom stereocenters. The molecular formula is C17H28N2O. The lowest BCUT2D eigenvalue weighted by molar-refractivity contribution is 0.0603. The molecule has 0 amide bonds. The quantitative estimate of drug-likeness (QED) is 0.895. The summed E-state index contributed by atoms with van der Waals surface area (Å²) in [5.74, 6) is 0.556. The summed E-state index contributed by atoms with van der Waals surface area (Å²) in [4.78, 5) is 2.61. The Morgan fingerprint density at radius 3 is 2.70 bits per heavy atom. The normalized spacial score (nSPS) is 24.5. The third-order valence-corrected chi connectivity index (χ3v) is 3.99. The highest BCUT2D eigenvalue weighted by molar-refractivity contribution is 5.20. The van der Waals surface area contributed by atoms with Crippen LogP contribution in [0.5, 0.6) is 0 Å². The first-order chi connectivity index (χ1) is 9.52. The van der Waals surface area contributed by atoms with Gasteiger partial charge < -0.3 is 10.1 Å². The van der Waals surface area contributed by atoms with Crippen molar-refractivity contribution in [3.63, 3.8) is 0 Å². The van der Waals surface area contributed by atoms with Gasteiger partial charge in [0, 0.05) is 44.9 Å². The second kappa shape index (κ2) is 6.70. The van der Waals surface area contributed by atoms with Crippen LogP contribution in [0.15, 0.2) is 30.3 Å². The van der Waals surface area contributed by atoms with Crippen molar-refractivity contribution in [3.05, 3.63) is 35.9 Å². The molecule has 1 aliphatic rings. The van der Waals surface area contributed by atoms with E-state index >= 15 is 0 Å². The number of methoxy groups -OCH3 is 1. The van der Waals surface area contributed by atoms with Gasteiger partial charge in [-0.15, -0.1) is 0 Å². The number of piperazine rings is 1. The van der Waals surface area contributed by atoms with E-state index in [1.807, 2.05) is 0 Å². The summed E-state index contributed by atoms with van der Waals surface area (Å²) >= 11 is 0. The lowest BCUT2D eigenvalue weighted by atomic mass is 9.94. The molecule has 0 saturated carbocycles. The molecule has 0 aliphatic carbocycles. The van der Waals surface area contributed by atoms with E-state index in [-0.39, 0.29) is 5.54 Å². The molecule has 3 nitrogen and oxygen atoms in total. The van der Waals surface area contributed by atoms with Gasteiger partial charge >= 0.3 is 0 Å². The fourth-order valence-electron chi connectivity index (χ4n) is 3.11. The second-order valence-electron chi connectivity index (χ2n) is 6.68. The van der Waals surface area contributed by atoms with Crippen molar-refractivity contribution in [1.82, 2.24) is 10.2 Å². The van der Waals surface area contributed by atoms with Crippen molar-refractivity contribution in [2.45, 2.75) is 32.4 Å². The van der Waals surface area contributed by atoms with Crippen LogP contribution >= 0.6 is 0 Å². The minimum atomic E-state index is 0.179. The minimum Gasteiger partial charge on any atom is -0.384 e. The van der Waals surface area contributed by atoms with Crippen LogP contribution < -0.4 is 5.32 Å². The molecule has 2 rings (SSSR count). The van der Waals surface area contributed by atoms with Gasteiger partial charge in [0.05, 0.1) is 0 Å². The van der Waals surface area contributed by atoms with E-state index in [4.69, 9.17) is 4.74 Å². The average molecular weight is 276 g/mol. The Morgan fingerprint density at radius 1 is 1.35 bits per heavy atom. The highest BCUT2D eigenvalue weighted by atomic mass is 16.5. The van der Waals surface area contributed by atoms with Gasteiger partial charge in [-0.25, -0.2) is 0 Å². The molecule has 1 N–H and O–H groups in total. The molecule has 112 valence electrons. The predicted octanol–water partition coefficient (Wildman–Crippen LogP) is 2.69. The maximum Gasteiger partial charge on any atom is 0.0500 e. The third kappa shape index (κ3) is 4.05. The van der Waals surface area contributed by atoms with Gasteiger partial charge in [-0.3, -0.25) is 4.90 Å². The van der Waals surface area contributed by atoms with Gasteiger partial charge in [0.2, 0.25) is 0 Å². The van der Waals surface area contributed by atoms with Crippen molar-refractivity contribution in [3.8, 4) is 0 Å². The summed E-state index contributed by atoms with van der Waals surface area (Å²) in [6.45, 7) is 10.8. The van der Waals surface area contributed by atoms with Gasteiger partial charge in [-0.2, -0.15) is 0 Å². The number of hydrogen-bond acceptors (Lipinski definition) is 3. The van der Waals surface area contributed by atoms with Gasteiger partial charge in [0.15, 0.2) is 0 Å². The van der Waals surface area contributed by atoms with Crippen LogP contribution in [-0.4, -0.2) is 43.8 Å². The molecule has 3 heteroatoms. The van der Waals surface area contributed by atoms with Crippen molar-refractivity contribution in [2.75, 3.05) is 33.4 Å². The van der Waals surface area contributed by atoms with E-state index in [0.29, 0.717) is 12.0 Å². The largest absolute Gasteiger partial charge is 0.384 e. The number of rotatable bonds is 5. The number of nitrogens with zero attached hydrogens (tertiary/aromatic N) is 1. The van der Waals surface area contributed by atoms with Gasteiger partial charge in [-0.1, -0.05) is 37.3 Å². The average Bonchev–Trinajstić information content (AvgIpc) is 2.39. The standard InChI is InChI=1S/C17H28N2O/c1-14(12-20-4)11-19-13-17(2,3)18-10-16(19)15-8-6-5-7-9-15/h5-9,14,16,18H,10-13H2,1-4H3. The second-order valence-corrected chi connectivity index (χ2v) is 6.68. The molecule has 0 aromatic heterocycles. The summed E-state index contributed by atoms with van der Waals surface area (Å²) in [7, 11) is 1.78. The summed E-state index contributed by atoms with van der Waals surface area (Å²) in [6, 6.07) is 11.3. The molecule has 1 aromatic carbocycles. The molecule has 0 bridgehead atoms. The number of nitrogens with one attached hydrogen (secondary N) is 1. The Balaban J connectivity index is 2.12. The van der Waals surface area contributed by atoms with Crippen LogP contribution in [0.2, 0.25) is 0 Å². The van der Waals surface area contributed by atoms with Crippen molar-refractivity contribution >= 4 is 0 Å². The smallest absolute Gasteiger partial charge is 0.0500 e. The van der Waals surface area contributed by atoms with Crippen LogP contribution in [0.25, 0.3) is 0 Å². The van der Waals surface area contributed by atoms with E-state index < -0.39 is 0 Å². The fraction of sp³-hybridized carbons (Fsp3) is 0.647. The maximum atomic E-state index is 5.30. The molecule has 1 saturated heterocycles. The van der Waals surface area contributed by atoms with Crippen molar-refractivity contribution in [1.29, 1.82) is 0 Å². The molecule has 0 radical (unpaired) electrons. The first-order valence-electron chi connectivity index (χ1n) is 7.55. The summed E-state index contributed by atoms with van der Waals surface area (Å²) in [5.41, 5.74) is 1.58. The van der Waals surface area contributed by atoms with Gasteiger partial charge in [0.25, 0.3) is 0 Å². The predicted molar refractivity (Wildman–Crippen MR) is 83.9 cm³/mol. The Bertz CT molecular complexity index is 405. The highest BCUT2D eigenvalue weighted by Crippen LogP contribution is 2.27.